The highest BCUT2D eigenvalue weighted by molar-refractivity contribution is 9.10. The number of H-pyrrole nitrogens is 1. The van der Waals surface area contributed by atoms with Crippen molar-refractivity contribution in [2.75, 3.05) is 6.61 Å². The summed E-state index contributed by atoms with van der Waals surface area (Å²) in [6.07, 6.45) is 3.45. The van der Waals surface area contributed by atoms with Crippen LogP contribution in [-0.2, 0) is 4.74 Å². The van der Waals surface area contributed by atoms with Gasteiger partial charge in [-0.25, -0.2) is 4.98 Å². The first-order valence-corrected chi connectivity index (χ1v) is 4.93. The van der Waals surface area contributed by atoms with Gasteiger partial charge in [0.2, 0.25) is 0 Å². The van der Waals surface area contributed by atoms with Crippen molar-refractivity contribution in [1.82, 2.24) is 9.97 Å². The molecular weight excluding hydrogens is 236 g/mol. The number of halogens is 1. The Morgan fingerprint density at radius 3 is 3.15 bits per heavy atom. The largest absolute Gasteiger partial charge is 0.370 e. The molecule has 0 amide bonds. The van der Waals surface area contributed by atoms with Crippen molar-refractivity contribution in [1.29, 1.82) is 0 Å². The molecule has 1 atom stereocenters. The topological polar surface area (TPSA) is 55.0 Å². The van der Waals surface area contributed by atoms with E-state index in [0.29, 0.717) is 10.3 Å². The van der Waals surface area contributed by atoms with Crippen molar-refractivity contribution in [2.45, 2.75) is 18.9 Å². The van der Waals surface area contributed by atoms with E-state index in [2.05, 4.69) is 25.9 Å². The third kappa shape index (κ3) is 1.81. The van der Waals surface area contributed by atoms with Crippen LogP contribution in [0.2, 0.25) is 0 Å². The Bertz CT molecular complexity index is 357. The van der Waals surface area contributed by atoms with Crippen LogP contribution in [0.25, 0.3) is 0 Å². The van der Waals surface area contributed by atoms with Gasteiger partial charge < -0.3 is 9.72 Å². The lowest BCUT2D eigenvalue weighted by molar-refractivity contribution is 0.105. The molecule has 0 radical (unpaired) electrons. The van der Waals surface area contributed by atoms with Crippen LogP contribution in [0.5, 0.6) is 0 Å². The second kappa shape index (κ2) is 3.59. The summed E-state index contributed by atoms with van der Waals surface area (Å²) in [5.74, 6) is 0.630. The number of aromatic amines is 1. The molecule has 1 unspecified atom stereocenters. The average molecular weight is 245 g/mol. The van der Waals surface area contributed by atoms with Gasteiger partial charge in [0.25, 0.3) is 5.56 Å². The molecule has 13 heavy (non-hydrogen) atoms. The normalized spacial score (nSPS) is 22.1. The molecular formula is C8H9BrN2O2. The summed E-state index contributed by atoms with van der Waals surface area (Å²) in [6.45, 7) is 0.754. The Hall–Kier alpha value is -0.680. The van der Waals surface area contributed by atoms with Gasteiger partial charge in [0.15, 0.2) is 0 Å². The number of nitrogens with zero attached hydrogens (tertiary/aromatic N) is 1. The Morgan fingerprint density at radius 2 is 2.54 bits per heavy atom. The first kappa shape index (κ1) is 8.90. The van der Waals surface area contributed by atoms with Crippen LogP contribution in [0.1, 0.15) is 24.8 Å². The van der Waals surface area contributed by atoms with Crippen LogP contribution in [0.15, 0.2) is 15.5 Å². The van der Waals surface area contributed by atoms with E-state index >= 15 is 0 Å². The van der Waals surface area contributed by atoms with Crippen molar-refractivity contribution >= 4 is 15.9 Å². The maximum absolute atomic E-state index is 11.2. The molecule has 0 aromatic carbocycles. The SMILES string of the molecule is O=c1[nH]c(C2CCCO2)ncc1Br. The van der Waals surface area contributed by atoms with Gasteiger partial charge in [-0.05, 0) is 28.8 Å². The molecule has 2 heterocycles. The highest BCUT2D eigenvalue weighted by Gasteiger charge is 2.19. The minimum Gasteiger partial charge on any atom is -0.370 e. The maximum atomic E-state index is 11.2. The van der Waals surface area contributed by atoms with Crippen molar-refractivity contribution in [3.05, 3.63) is 26.8 Å². The Morgan fingerprint density at radius 1 is 1.69 bits per heavy atom. The Kier molecular flexibility index (Phi) is 2.46. The zero-order valence-corrected chi connectivity index (χ0v) is 8.50. The third-order valence-electron chi connectivity index (χ3n) is 2.01. The van der Waals surface area contributed by atoms with E-state index in [1.54, 1.807) is 0 Å². The van der Waals surface area contributed by atoms with Crippen LogP contribution in [0, 0.1) is 0 Å². The first-order chi connectivity index (χ1) is 6.27. The number of rotatable bonds is 1. The molecule has 1 aliphatic heterocycles. The highest BCUT2D eigenvalue weighted by Crippen LogP contribution is 2.24. The molecule has 2 rings (SSSR count). The molecule has 1 aromatic heterocycles. The summed E-state index contributed by atoms with van der Waals surface area (Å²) < 4.78 is 5.84. The molecule has 4 nitrogen and oxygen atoms in total. The summed E-state index contributed by atoms with van der Waals surface area (Å²) in [5, 5.41) is 0. The summed E-state index contributed by atoms with van der Waals surface area (Å²) in [4.78, 5) is 18.0. The van der Waals surface area contributed by atoms with Gasteiger partial charge in [-0.3, -0.25) is 4.79 Å². The molecule has 0 spiro atoms. The van der Waals surface area contributed by atoms with Gasteiger partial charge in [-0.15, -0.1) is 0 Å². The standard InChI is InChI=1S/C8H9BrN2O2/c9-5-4-10-7(11-8(5)12)6-2-1-3-13-6/h4,6H,1-3H2,(H,10,11,12). The summed E-state index contributed by atoms with van der Waals surface area (Å²) in [6, 6.07) is 0. The van der Waals surface area contributed by atoms with Gasteiger partial charge in [0.1, 0.15) is 16.4 Å². The van der Waals surface area contributed by atoms with Crippen molar-refractivity contribution < 1.29 is 4.74 Å². The van der Waals surface area contributed by atoms with E-state index < -0.39 is 0 Å². The molecule has 1 aromatic rings. The first-order valence-electron chi connectivity index (χ1n) is 4.13. The van der Waals surface area contributed by atoms with Crippen LogP contribution in [-0.4, -0.2) is 16.6 Å². The number of hydrogen-bond donors (Lipinski definition) is 1. The van der Waals surface area contributed by atoms with Crippen molar-refractivity contribution in [3.8, 4) is 0 Å². The second-order valence-electron chi connectivity index (χ2n) is 2.95. The average Bonchev–Trinajstić information content (AvgIpc) is 2.62. The predicted molar refractivity (Wildman–Crippen MR) is 50.5 cm³/mol. The predicted octanol–water partition coefficient (Wildman–Crippen LogP) is 1.38. The van der Waals surface area contributed by atoms with Gasteiger partial charge in [-0.1, -0.05) is 0 Å². The van der Waals surface area contributed by atoms with Gasteiger partial charge >= 0.3 is 0 Å². The molecule has 0 aliphatic carbocycles. The van der Waals surface area contributed by atoms with E-state index in [4.69, 9.17) is 4.74 Å². The fourth-order valence-corrected chi connectivity index (χ4v) is 1.55. The Balaban J connectivity index is 2.30. The molecule has 0 bridgehead atoms. The smallest absolute Gasteiger partial charge is 0.265 e. The minimum absolute atomic E-state index is 0.0270. The third-order valence-corrected chi connectivity index (χ3v) is 2.58. The lowest BCUT2D eigenvalue weighted by Gasteiger charge is -2.07. The van der Waals surface area contributed by atoms with Crippen molar-refractivity contribution in [3.63, 3.8) is 0 Å². The molecule has 0 saturated carbocycles. The van der Waals surface area contributed by atoms with Crippen LogP contribution in [0.3, 0.4) is 0 Å². The fourth-order valence-electron chi connectivity index (χ4n) is 1.35. The van der Waals surface area contributed by atoms with E-state index in [9.17, 15) is 4.79 Å². The molecule has 1 aliphatic rings. The van der Waals surface area contributed by atoms with E-state index in [0.717, 1.165) is 19.4 Å². The molecule has 1 N–H and O–H groups in total. The Labute approximate surface area is 83.5 Å². The molecule has 1 fully saturated rings. The quantitative estimate of drug-likeness (QED) is 0.813. The van der Waals surface area contributed by atoms with Crippen molar-refractivity contribution in [2.24, 2.45) is 0 Å². The minimum atomic E-state index is -0.152. The molecule has 1 saturated heterocycles. The molecule has 70 valence electrons. The van der Waals surface area contributed by atoms with Crippen LogP contribution >= 0.6 is 15.9 Å². The summed E-state index contributed by atoms with van der Waals surface area (Å²) in [7, 11) is 0. The number of nitrogens with one attached hydrogen (secondary N) is 1. The number of hydrogen-bond acceptors (Lipinski definition) is 3. The van der Waals surface area contributed by atoms with Gasteiger partial charge in [-0.2, -0.15) is 0 Å². The zero-order valence-electron chi connectivity index (χ0n) is 6.92. The number of aromatic nitrogens is 2. The van der Waals surface area contributed by atoms with Gasteiger partial charge in [0.05, 0.1) is 0 Å². The highest BCUT2D eigenvalue weighted by atomic mass is 79.9. The summed E-state index contributed by atoms with van der Waals surface area (Å²) >= 11 is 3.09. The lowest BCUT2D eigenvalue weighted by Crippen LogP contribution is -2.14. The van der Waals surface area contributed by atoms with E-state index in [-0.39, 0.29) is 11.7 Å². The summed E-state index contributed by atoms with van der Waals surface area (Å²) in [5.41, 5.74) is -0.152. The number of ether oxygens (including phenoxy) is 1. The fraction of sp³-hybridized carbons (Fsp3) is 0.500. The van der Waals surface area contributed by atoms with Gasteiger partial charge in [0, 0.05) is 12.8 Å². The molecule has 5 heteroatoms. The van der Waals surface area contributed by atoms with Crippen LogP contribution < -0.4 is 5.56 Å². The van der Waals surface area contributed by atoms with Crippen LogP contribution in [0.4, 0.5) is 0 Å². The monoisotopic (exact) mass is 244 g/mol. The maximum Gasteiger partial charge on any atom is 0.265 e. The van der Waals surface area contributed by atoms with E-state index in [1.165, 1.54) is 6.20 Å². The lowest BCUT2D eigenvalue weighted by atomic mass is 10.2. The van der Waals surface area contributed by atoms with E-state index in [1.807, 2.05) is 0 Å². The zero-order chi connectivity index (χ0) is 9.26. The second-order valence-corrected chi connectivity index (χ2v) is 3.80.